The number of nitrogens with zero attached hydrogens (tertiary/aromatic N) is 1. The van der Waals surface area contributed by atoms with Crippen molar-refractivity contribution in [1.29, 1.82) is 0 Å². The van der Waals surface area contributed by atoms with Crippen LogP contribution in [0.25, 0.3) is 10.8 Å². The molecule has 0 amide bonds. The van der Waals surface area contributed by atoms with Crippen LogP contribution in [0, 0.1) is 16.0 Å². The van der Waals surface area contributed by atoms with E-state index in [1.54, 1.807) is 0 Å². The summed E-state index contributed by atoms with van der Waals surface area (Å²) in [6.07, 6.45) is 3.16. The highest BCUT2D eigenvalue weighted by Gasteiger charge is 2.31. The summed E-state index contributed by atoms with van der Waals surface area (Å²) in [5.74, 6) is 0.152. The highest BCUT2D eigenvalue weighted by atomic mass is 16.6. The Morgan fingerprint density at radius 3 is 2.77 bits per heavy atom. The monoisotopic (exact) mass is 350 g/mol. The van der Waals surface area contributed by atoms with E-state index in [9.17, 15) is 10.1 Å². The van der Waals surface area contributed by atoms with Crippen molar-refractivity contribution < 1.29 is 4.92 Å². The van der Waals surface area contributed by atoms with Gasteiger partial charge in [-0.15, -0.1) is 6.58 Å². The second-order valence-corrected chi connectivity index (χ2v) is 7.30. The normalized spacial score (nSPS) is 18.6. The molecule has 0 bridgehead atoms. The molecule has 1 aliphatic carbocycles. The molecule has 0 heterocycles. The van der Waals surface area contributed by atoms with Gasteiger partial charge in [0.2, 0.25) is 0 Å². The molecule has 0 fully saturated rings. The molecule has 0 radical (unpaired) electrons. The average Bonchev–Trinajstić information content (AvgIpc) is 2.62. The van der Waals surface area contributed by atoms with E-state index in [1.165, 1.54) is 10.8 Å². The summed E-state index contributed by atoms with van der Waals surface area (Å²) in [4.78, 5) is 11.4. The van der Waals surface area contributed by atoms with E-state index >= 15 is 0 Å². The Morgan fingerprint density at radius 1 is 1.31 bits per heavy atom. The molecule has 2 aromatic rings. The molecule has 1 aliphatic rings. The fourth-order valence-electron chi connectivity index (χ4n) is 3.99. The van der Waals surface area contributed by atoms with Crippen molar-refractivity contribution in [3.63, 3.8) is 0 Å². The van der Waals surface area contributed by atoms with Crippen LogP contribution in [0.1, 0.15) is 51.1 Å². The van der Waals surface area contributed by atoms with Crippen molar-refractivity contribution in [3.8, 4) is 0 Å². The topological polar surface area (TPSA) is 55.2 Å². The third-order valence-corrected chi connectivity index (χ3v) is 5.16. The molecule has 0 spiro atoms. The van der Waals surface area contributed by atoms with Gasteiger partial charge < -0.3 is 5.32 Å². The Hall–Kier alpha value is -2.62. The van der Waals surface area contributed by atoms with E-state index in [1.807, 2.05) is 25.1 Å². The molecule has 0 aliphatic heterocycles. The number of rotatable bonds is 6. The summed E-state index contributed by atoms with van der Waals surface area (Å²) in [7, 11) is 0. The zero-order valence-electron chi connectivity index (χ0n) is 15.5. The molecule has 2 aromatic carbocycles. The van der Waals surface area contributed by atoms with Crippen LogP contribution >= 0.6 is 0 Å². The molecule has 0 saturated heterocycles. The quantitative estimate of drug-likeness (QED) is 0.410. The van der Waals surface area contributed by atoms with Gasteiger partial charge in [-0.05, 0) is 49.4 Å². The van der Waals surface area contributed by atoms with Crippen LogP contribution in [-0.2, 0) is 0 Å². The molecule has 4 heteroatoms. The number of fused-ring (bicyclic) bond motifs is 1. The Kier molecular flexibility index (Phi) is 5.40. The molecule has 4 nitrogen and oxygen atoms in total. The van der Waals surface area contributed by atoms with Gasteiger partial charge in [0, 0.05) is 18.4 Å². The first-order chi connectivity index (χ1) is 12.5. The van der Waals surface area contributed by atoms with E-state index in [4.69, 9.17) is 0 Å². The summed E-state index contributed by atoms with van der Waals surface area (Å²) in [5.41, 5.74) is 3.37. The van der Waals surface area contributed by atoms with Gasteiger partial charge in [0.25, 0.3) is 5.70 Å². The predicted octanol–water partition coefficient (Wildman–Crippen LogP) is 5.75. The van der Waals surface area contributed by atoms with Crippen LogP contribution in [0.3, 0.4) is 0 Å². The first kappa shape index (κ1) is 18.2. The third-order valence-electron chi connectivity index (χ3n) is 5.16. The molecule has 26 heavy (non-hydrogen) atoms. The number of nitro groups is 1. The molecule has 0 saturated carbocycles. The van der Waals surface area contributed by atoms with E-state index in [0.717, 1.165) is 36.1 Å². The van der Waals surface area contributed by atoms with Gasteiger partial charge in [-0.2, -0.15) is 0 Å². The molecule has 2 atom stereocenters. The summed E-state index contributed by atoms with van der Waals surface area (Å²) < 4.78 is 0. The van der Waals surface area contributed by atoms with Gasteiger partial charge in [-0.25, -0.2) is 0 Å². The standard InChI is InChI=1S/C22H26N2O2/c1-15(2)14-18-10-7-13-21(24(25)26)22(18)23-16(3)19-12-6-9-17-8-4-5-11-20(17)19/h4-6,8-9,11-12,16,18,23H,1,7,10,13-14H2,2-3H3/t16-,18+/m0/s1. The number of hydrogen-bond acceptors (Lipinski definition) is 3. The summed E-state index contributed by atoms with van der Waals surface area (Å²) >= 11 is 0. The highest BCUT2D eigenvalue weighted by molar-refractivity contribution is 5.86. The zero-order chi connectivity index (χ0) is 18.7. The molecular weight excluding hydrogens is 324 g/mol. The van der Waals surface area contributed by atoms with Crippen LogP contribution in [0.4, 0.5) is 0 Å². The van der Waals surface area contributed by atoms with Crippen LogP contribution in [0.15, 0.2) is 66.0 Å². The summed E-state index contributed by atoms with van der Waals surface area (Å²) in [6, 6.07) is 14.5. The van der Waals surface area contributed by atoms with Gasteiger partial charge in [0.15, 0.2) is 0 Å². The lowest BCUT2D eigenvalue weighted by Crippen LogP contribution is -2.30. The first-order valence-corrected chi connectivity index (χ1v) is 9.23. The minimum Gasteiger partial charge on any atom is -0.376 e. The summed E-state index contributed by atoms with van der Waals surface area (Å²) in [6.45, 7) is 8.09. The zero-order valence-corrected chi connectivity index (χ0v) is 15.5. The second-order valence-electron chi connectivity index (χ2n) is 7.30. The SMILES string of the molecule is C=C(C)C[C@H]1CCCC([N+](=O)[O-])=C1N[C@@H](C)c1cccc2ccccc12. The molecule has 0 unspecified atom stereocenters. The Balaban J connectivity index is 1.97. The van der Waals surface area contributed by atoms with Gasteiger partial charge in [-0.3, -0.25) is 10.1 Å². The molecule has 1 N–H and O–H groups in total. The fourth-order valence-corrected chi connectivity index (χ4v) is 3.99. The molecule has 136 valence electrons. The number of allylic oxidation sites excluding steroid dienone is 3. The van der Waals surface area contributed by atoms with Crippen molar-refractivity contribution in [1.82, 2.24) is 5.32 Å². The first-order valence-electron chi connectivity index (χ1n) is 9.23. The Labute approximate surface area is 154 Å². The maximum Gasteiger partial charge on any atom is 0.265 e. The smallest absolute Gasteiger partial charge is 0.265 e. The minimum atomic E-state index is -0.206. The van der Waals surface area contributed by atoms with Crippen LogP contribution in [-0.4, -0.2) is 4.92 Å². The summed E-state index contributed by atoms with van der Waals surface area (Å²) in [5, 5.41) is 17.5. The van der Waals surface area contributed by atoms with Crippen LogP contribution < -0.4 is 5.32 Å². The van der Waals surface area contributed by atoms with Crippen molar-refractivity contribution >= 4 is 10.8 Å². The molecule has 0 aromatic heterocycles. The van der Waals surface area contributed by atoms with Gasteiger partial charge in [0.1, 0.15) is 0 Å². The van der Waals surface area contributed by atoms with E-state index in [-0.39, 0.29) is 16.9 Å². The average molecular weight is 350 g/mol. The molecular formula is C22H26N2O2. The maximum atomic E-state index is 11.6. The second kappa shape index (κ2) is 7.73. The Bertz CT molecular complexity index is 864. The maximum absolute atomic E-state index is 11.6. The lowest BCUT2D eigenvalue weighted by molar-refractivity contribution is -0.431. The predicted molar refractivity (Wildman–Crippen MR) is 106 cm³/mol. The Morgan fingerprint density at radius 2 is 2.04 bits per heavy atom. The van der Waals surface area contributed by atoms with Crippen LogP contribution in [0.5, 0.6) is 0 Å². The number of benzene rings is 2. The molecule has 3 rings (SSSR count). The van der Waals surface area contributed by atoms with Crippen molar-refractivity contribution in [2.75, 3.05) is 0 Å². The lowest BCUT2D eigenvalue weighted by atomic mass is 9.85. The number of hydrogen-bond donors (Lipinski definition) is 1. The van der Waals surface area contributed by atoms with Gasteiger partial charge in [0.05, 0.1) is 10.6 Å². The third kappa shape index (κ3) is 3.79. The van der Waals surface area contributed by atoms with E-state index < -0.39 is 0 Å². The fraction of sp³-hybridized carbons (Fsp3) is 0.364. The lowest BCUT2D eigenvalue weighted by Gasteiger charge is -2.29. The minimum absolute atomic E-state index is 0.00299. The van der Waals surface area contributed by atoms with Crippen molar-refractivity contribution in [2.45, 2.75) is 45.6 Å². The highest BCUT2D eigenvalue weighted by Crippen LogP contribution is 2.35. The van der Waals surface area contributed by atoms with Gasteiger partial charge in [-0.1, -0.05) is 48.0 Å². The van der Waals surface area contributed by atoms with Crippen molar-refractivity contribution in [3.05, 3.63) is 81.7 Å². The van der Waals surface area contributed by atoms with Crippen LogP contribution in [0.2, 0.25) is 0 Å². The number of nitrogens with one attached hydrogen (secondary N) is 1. The van der Waals surface area contributed by atoms with Gasteiger partial charge >= 0.3 is 0 Å². The van der Waals surface area contributed by atoms with E-state index in [0.29, 0.717) is 12.1 Å². The van der Waals surface area contributed by atoms with E-state index in [2.05, 4.69) is 43.1 Å². The largest absolute Gasteiger partial charge is 0.376 e. The van der Waals surface area contributed by atoms with Crippen molar-refractivity contribution in [2.24, 2.45) is 5.92 Å².